The summed E-state index contributed by atoms with van der Waals surface area (Å²) in [7, 11) is 0. The number of halogens is 4. The molecule has 0 saturated heterocycles. The van der Waals surface area contributed by atoms with Crippen molar-refractivity contribution in [2.24, 2.45) is 5.10 Å². The van der Waals surface area contributed by atoms with E-state index in [4.69, 9.17) is 39.5 Å². The van der Waals surface area contributed by atoms with Crippen LogP contribution in [0.25, 0.3) is 0 Å². The predicted molar refractivity (Wildman–Crippen MR) is 121 cm³/mol. The van der Waals surface area contributed by atoms with Crippen LogP contribution in [0.1, 0.15) is 21.5 Å². The third kappa shape index (κ3) is 6.21. The monoisotopic (exact) mass is 510 g/mol. The average Bonchev–Trinajstić information content (AvgIpc) is 2.70. The largest absolute Gasteiger partial charge is 0.488 e. The summed E-state index contributed by atoms with van der Waals surface area (Å²) in [5, 5.41) is 5.37. The highest BCUT2D eigenvalue weighted by Gasteiger charge is 2.08. The first-order chi connectivity index (χ1) is 13.9. The molecule has 8 heteroatoms. The van der Waals surface area contributed by atoms with E-state index < -0.39 is 5.91 Å². The second kappa shape index (κ2) is 10.1. The zero-order chi connectivity index (χ0) is 20.8. The number of amides is 1. The van der Waals surface area contributed by atoms with Crippen molar-refractivity contribution in [1.29, 1.82) is 0 Å². The fourth-order valence-corrected chi connectivity index (χ4v) is 3.16. The minimum absolute atomic E-state index is 0.299. The van der Waals surface area contributed by atoms with Crippen LogP contribution in [-0.4, -0.2) is 12.1 Å². The van der Waals surface area contributed by atoms with E-state index in [2.05, 4.69) is 26.5 Å². The highest BCUT2D eigenvalue weighted by Crippen LogP contribution is 2.24. The Morgan fingerprint density at radius 3 is 2.48 bits per heavy atom. The molecule has 1 amide bonds. The third-order valence-electron chi connectivity index (χ3n) is 3.83. The van der Waals surface area contributed by atoms with Crippen molar-refractivity contribution in [2.45, 2.75) is 6.61 Å². The lowest BCUT2D eigenvalue weighted by Crippen LogP contribution is -2.17. The molecule has 4 nitrogen and oxygen atoms in total. The van der Waals surface area contributed by atoms with E-state index in [1.165, 1.54) is 12.3 Å². The molecule has 0 bridgehead atoms. The lowest BCUT2D eigenvalue weighted by Gasteiger charge is -2.10. The number of rotatable bonds is 6. The van der Waals surface area contributed by atoms with Gasteiger partial charge in [-0.1, -0.05) is 62.9 Å². The normalized spacial score (nSPS) is 10.9. The molecule has 0 aliphatic heterocycles. The smallest absolute Gasteiger partial charge is 0.271 e. The third-order valence-corrected chi connectivity index (χ3v) is 5.32. The zero-order valence-corrected chi connectivity index (χ0v) is 18.7. The number of benzene rings is 3. The molecule has 3 aromatic carbocycles. The van der Waals surface area contributed by atoms with Crippen molar-refractivity contribution in [3.8, 4) is 5.75 Å². The van der Waals surface area contributed by atoms with E-state index in [0.29, 0.717) is 38.6 Å². The molecule has 0 aromatic heterocycles. The Hall–Kier alpha value is -2.05. The maximum atomic E-state index is 12.2. The van der Waals surface area contributed by atoms with E-state index in [1.54, 1.807) is 12.1 Å². The standard InChI is InChI=1S/C21H14BrCl3N2O2/c22-16-4-8-20(29-12-13-1-5-17(23)6-2-13)15(9-16)11-26-27-21(28)14-3-7-18(24)19(25)10-14/h1-11H,12H2,(H,27,28)/b26-11-. The molecule has 0 heterocycles. The highest BCUT2D eigenvalue weighted by atomic mass is 79.9. The number of nitrogens with zero attached hydrogens (tertiary/aromatic N) is 1. The molecule has 0 aliphatic rings. The SMILES string of the molecule is O=C(N/N=C\c1cc(Br)ccc1OCc1ccc(Cl)cc1)c1ccc(Cl)c(Cl)c1. The van der Waals surface area contributed by atoms with Crippen LogP contribution in [0.5, 0.6) is 5.75 Å². The number of nitrogens with one attached hydrogen (secondary N) is 1. The number of hydrogen-bond acceptors (Lipinski definition) is 3. The number of hydrazone groups is 1. The number of ether oxygens (including phenoxy) is 1. The van der Waals surface area contributed by atoms with E-state index in [9.17, 15) is 4.79 Å². The van der Waals surface area contributed by atoms with Gasteiger partial charge in [-0.15, -0.1) is 0 Å². The van der Waals surface area contributed by atoms with Gasteiger partial charge in [0.05, 0.1) is 16.3 Å². The molecule has 0 aliphatic carbocycles. The molecule has 148 valence electrons. The van der Waals surface area contributed by atoms with Crippen molar-refractivity contribution in [2.75, 3.05) is 0 Å². The first-order valence-electron chi connectivity index (χ1n) is 8.37. The Morgan fingerprint density at radius 2 is 1.76 bits per heavy atom. The highest BCUT2D eigenvalue weighted by molar-refractivity contribution is 9.10. The van der Waals surface area contributed by atoms with E-state index >= 15 is 0 Å². The molecule has 0 spiro atoms. The van der Waals surface area contributed by atoms with Crippen molar-refractivity contribution in [3.05, 3.63) is 96.9 Å². The summed E-state index contributed by atoms with van der Waals surface area (Å²) in [5.41, 5.74) is 4.49. The number of carbonyl (C=O) groups excluding carboxylic acids is 1. The van der Waals surface area contributed by atoms with Crippen molar-refractivity contribution in [1.82, 2.24) is 5.43 Å². The molecule has 0 saturated carbocycles. The van der Waals surface area contributed by atoms with Gasteiger partial charge in [0.1, 0.15) is 12.4 Å². The van der Waals surface area contributed by atoms with E-state index in [0.717, 1.165) is 10.0 Å². The molecule has 0 unspecified atom stereocenters. The van der Waals surface area contributed by atoms with Gasteiger partial charge in [-0.05, 0) is 54.1 Å². The van der Waals surface area contributed by atoms with Gasteiger partial charge in [-0.2, -0.15) is 5.10 Å². The fraction of sp³-hybridized carbons (Fsp3) is 0.0476. The quantitative estimate of drug-likeness (QED) is 0.293. The predicted octanol–water partition coefficient (Wildman–Crippen LogP) is 6.75. The first-order valence-corrected chi connectivity index (χ1v) is 10.3. The Kier molecular flexibility index (Phi) is 7.56. The zero-order valence-electron chi connectivity index (χ0n) is 14.8. The van der Waals surface area contributed by atoms with Gasteiger partial charge in [0.2, 0.25) is 0 Å². The summed E-state index contributed by atoms with van der Waals surface area (Å²) in [6.07, 6.45) is 1.51. The molecule has 29 heavy (non-hydrogen) atoms. The van der Waals surface area contributed by atoms with Gasteiger partial charge >= 0.3 is 0 Å². The van der Waals surface area contributed by atoms with Gasteiger partial charge in [0.25, 0.3) is 5.91 Å². The van der Waals surface area contributed by atoms with Crippen LogP contribution >= 0.6 is 50.7 Å². The Balaban J connectivity index is 1.69. The number of hydrogen-bond donors (Lipinski definition) is 1. The van der Waals surface area contributed by atoms with Crippen LogP contribution in [-0.2, 0) is 6.61 Å². The van der Waals surface area contributed by atoms with Crippen LogP contribution in [0.15, 0.2) is 70.2 Å². The van der Waals surface area contributed by atoms with Gasteiger partial charge < -0.3 is 4.74 Å². The van der Waals surface area contributed by atoms with Gasteiger partial charge in [0.15, 0.2) is 0 Å². The van der Waals surface area contributed by atoms with Crippen molar-refractivity contribution < 1.29 is 9.53 Å². The summed E-state index contributed by atoms with van der Waals surface area (Å²) in [4.78, 5) is 12.2. The second-order valence-corrected chi connectivity index (χ2v) is 8.09. The molecule has 3 aromatic rings. The lowest BCUT2D eigenvalue weighted by atomic mass is 10.2. The van der Waals surface area contributed by atoms with Gasteiger partial charge in [-0.3, -0.25) is 4.79 Å². The molecule has 0 radical (unpaired) electrons. The summed E-state index contributed by atoms with van der Waals surface area (Å²) in [6.45, 7) is 0.370. The summed E-state index contributed by atoms with van der Waals surface area (Å²) in [5.74, 6) is 0.217. The van der Waals surface area contributed by atoms with Crippen LogP contribution in [0.2, 0.25) is 15.1 Å². The minimum atomic E-state index is -0.404. The second-order valence-electron chi connectivity index (χ2n) is 5.93. The summed E-state index contributed by atoms with van der Waals surface area (Å²) >= 11 is 21.1. The minimum Gasteiger partial charge on any atom is -0.488 e. The lowest BCUT2D eigenvalue weighted by molar-refractivity contribution is 0.0955. The fourth-order valence-electron chi connectivity index (χ4n) is 2.36. The topological polar surface area (TPSA) is 50.7 Å². The Labute approximate surface area is 191 Å². The van der Waals surface area contributed by atoms with Crippen LogP contribution in [0, 0.1) is 0 Å². The van der Waals surface area contributed by atoms with Gasteiger partial charge in [-0.25, -0.2) is 5.43 Å². The van der Waals surface area contributed by atoms with Crippen molar-refractivity contribution >= 4 is 62.9 Å². The van der Waals surface area contributed by atoms with Crippen LogP contribution < -0.4 is 10.2 Å². The maximum Gasteiger partial charge on any atom is 0.271 e. The molecular weight excluding hydrogens is 499 g/mol. The van der Waals surface area contributed by atoms with E-state index in [-0.39, 0.29) is 0 Å². The Bertz CT molecular complexity index is 1060. The molecule has 0 fully saturated rings. The van der Waals surface area contributed by atoms with E-state index in [1.807, 2.05) is 42.5 Å². The summed E-state index contributed by atoms with van der Waals surface area (Å²) < 4.78 is 6.74. The number of carbonyl (C=O) groups is 1. The van der Waals surface area contributed by atoms with Crippen LogP contribution in [0.4, 0.5) is 0 Å². The Morgan fingerprint density at radius 1 is 1.00 bits per heavy atom. The van der Waals surface area contributed by atoms with Gasteiger partial charge in [0, 0.05) is 20.6 Å². The average molecular weight is 513 g/mol. The van der Waals surface area contributed by atoms with Crippen LogP contribution in [0.3, 0.4) is 0 Å². The molecule has 0 atom stereocenters. The maximum absolute atomic E-state index is 12.2. The summed E-state index contributed by atoms with van der Waals surface area (Å²) in [6, 6.07) is 17.5. The molecule has 1 N–H and O–H groups in total. The molecule has 3 rings (SSSR count). The first kappa shape index (κ1) is 21.7. The van der Waals surface area contributed by atoms with Crippen molar-refractivity contribution in [3.63, 3.8) is 0 Å². The molecular formula is C21H14BrCl3N2O2.